The number of phosphoric acid groups is 2. The molecule has 0 amide bonds. The van der Waals surface area contributed by atoms with Crippen molar-refractivity contribution in [1.29, 1.82) is 0 Å². The summed E-state index contributed by atoms with van der Waals surface area (Å²) in [6.07, 6.45) is 52.9. The quantitative estimate of drug-likeness (QED) is 0.0222. The van der Waals surface area contributed by atoms with Crippen molar-refractivity contribution in [2.45, 2.75) is 393 Å². The molecule has 0 spiro atoms. The molecule has 0 rings (SSSR count). The number of aliphatic hydroxyl groups is 1. The molecular formula is C72H140O17P2. The summed E-state index contributed by atoms with van der Waals surface area (Å²) in [5.74, 6) is -1.40. The Morgan fingerprint density at radius 2 is 0.505 bits per heavy atom. The molecule has 0 fully saturated rings. The standard InChI is InChI=1S/C72H140O17P2/c1-6-9-12-15-18-21-23-24-25-26-27-28-29-30-31-32-34-36-43-48-53-58-72(77)89-68(62-83-70(75)56-51-46-41-38-37-39-44-49-54-65(4)5)64-87-91(80,81)85-60-66(73)59-84-90(78,79)86-63-67(61-82-69(74)55-50-45-40-20-17-14-11-8-3)88-71(76)57-52-47-42-35-33-22-19-16-13-10-7-2/h65-68,73H,6-64H2,1-5H3,(H,78,79)(H,80,81)/t66-,67+,68+/m0/s1. The highest BCUT2D eigenvalue weighted by molar-refractivity contribution is 7.47. The second-order valence-corrected chi connectivity index (χ2v) is 29.4. The first-order valence-electron chi connectivity index (χ1n) is 37.6. The van der Waals surface area contributed by atoms with Crippen molar-refractivity contribution < 1.29 is 80.2 Å². The fourth-order valence-electron chi connectivity index (χ4n) is 11.0. The summed E-state index contributed by atoms with van der Waals surface area (Å²) < 4.78 is 68.2. The SMILES string of the molecule is CCCCCCCCCCCCCCCCCCCCCCCC(=O)O[C@H](COC(=O)CCCCCCCCCCC(C)C)COP(=O)(O)OC[C@@H](O)COP(=O)(O)OC[C@@H](COC(=O)CCCCCCCCCC)OC(=O)CCCCCCCCCCCCC. The Labute approximate surface area is 556 Å². The molecular weight excluding hydrogens is 1200 g/mol. The Morgan fingerprint density at radius 1 is 0.297 bits per heavy atom. The Kier molecular flexibility index (Phi) is 64.0. The average molecular weight is 1340 g/mol. The molecule has 3 N–H and O–H groups in total. The van der Waals surface area contributed by atoms with Crippen LogP contribution in [0.5, 0.6) is 0 Å². The maximum absolute atomic E-state index is 13.0. The third kappa shape index (κ3) is 66.5. The predicted octanol–water partition coefficient (Wildman–Crippen LogP) is 20.9. The normalized spacial score (nSPS) is 14.0. The second kappa shape index (κ2) is 65.4. The van der Waals surface area contributed by atoms with Gasteiger partial charge >= 0.3 is 39.5 Å². The molecule has 0 radical (unpaired) electrons. The Balaban J connectivity index is 5.14. The molecule has 0 saturated heterocycles. The van der Waals surface area contributed by atoms with E-state index >= 15 is 0 Å². The van der Waals surface area contributed by atoms with Gasteiger partial charge in [-0.05, 0) is 31.6 Å². The maximum Gasteiger partial charge on any atom is 0.472 e. The fourth-order valence-corrected chi connectivity index (χ4v) is 12.6. The minimum atomic E-state index is -4.95. The third-order valence-electron chi connectivity index (χ3n) is 16.8. The van der Waals surface area contributed by atoms with Gasteiger partial charge in [-0.3, -0.25) is 37.3 Å². The lowest BCUT2D eigenvalue weighted by molar-refractivity contribution is -0.161. The van der Waals surface area contributed by atoms with Crippen LogP contribution in [0.2, 0.25) is 0 Å². The van der Waals surface area contributed by atoms with Crippen molar-refractivity contribution in [2.75, 3.05) is 39.6 Å². The van der Waals surface area contributed by atoms with Crippen molar-refractivity contribution >= 4 is 39.5 Å². The first-order valence-corrected chi connectivity index (χ1v) is 40.6. The molecule has 17 nitrogen and oxygen atoms in total. The number of aliphatic hydroxyl groups excluding tert-OH is 1. The van der Waals surface area contributed by atoms with Gasteiger partial charge in [0.2, 0.25) is 0 Å². The molecule has 19 heteroatoms. The third-order valence-corrected chi connectivity index (χ3v) is 18.7. The molecule has 0 aromatic heterocycles. The van der Waals surface area contributed by atoms with E-state index in [-0.39, 0.29) is 25.7 Å². The van der Waals surface area contributed by atoms with Crippen LogP contribution >= 0.6 is 15.6 Å². The zero-order valence-corrected chi connectivity index (χ0v) is 60.8. The number of esters is 4. The van der Waals surface area contributed by atoms with Gasteiger partial charge in [0.25, 0.3) is 0 Å². The van der Waals surface area contributed by atoms with Gasteiger partial charge < -0.3 is 33.8 Å². The number of rotatable bonds is 72. The molecule has 0 aliphatic carbocycles. The van der Waals surface area contributed by atoms with E-state index in [9.17, 15) is 43.2 Å². The van der Waals surface area contributed by atoms with Crippen LogP contribution in [0, 0.1) is 5.92 Å². The van der Waals surface area contributed by atoms with Gasteiger partial charge in [-0.2, -0.15) is 0 Å². The predicted molar refractivity (Wildman–Crippen MR) is 368 cm³/mol. The molecule has 91 heavy (non-hydrogen) atoms. The minimum Gasteiger partial charge on any atom is -0.462 e. The van der Waals surface area contributed by atoms with Crippen LogP contribution < -0.4 is 0 Å². The molecule has 0 aliphatic heterocycles. The van der Waals surface area contributed by atoms with Gasteiger partial charge in [0.15, 0.2) is 12.2 Å². The van der Waals surface area contributed by atoms with Crippen molar-refractivity contribution in [2.24, 2.45) is 5.92 Å². The number of carbonyl (C=O) groups is 4. The average Bonchev–Trinajstić information content (AvgIpc) is 3.71. The summed E-state index contributed by atoms with van der Waals surface area (Å²) in [6.45, 7) is 7.19. The lowest BCUT2D eigenvalue weighted by Gasteiger charge is -2.21. The topological polar surface area (TPSA) is 237 Å². The van der Waals surface area contributed by atoms with Crippen LogP contribution in [-0.4, -0.2) is 96.7 Å². The number of phosphoric ester groups is 2. The van der Waals surface area contributed by atoms with Crippen molar-refractivity contribution in [3.8, 4) is 0 Å². The smallest absolute Gasteiger partial charge is 0.462 e. The van der Waals surface area contributed by atoms with E-state index < -0.39 is 97.5 Å². The monoisotopic (exact) mass is 1340 g/mol. The molecule has 2 unspecified atom stereocenters. The van der Waals surface area contributed by atoms with Crippen LogP contribution in [-0.2, 0) is 65.4 Å². The van der Waals surface area contributed by atoms with E-state index in [2.05, 4.69) is 34.6 Å². The maximum atomic E-state index is 13.0. The number of hydrogen-bond donors (Lipinski definition) is 3. The van der Waals surface area contributed by atoms with Gasteiger partial charge in [0.05, 0.1) is 26.4 Å². The molecule has 0 heterocycles. The number of ether oxygens (including phenoxy) is 4. The molecule has 0 bridgehead atoms. The molecule has 540 valence electrons. The van der Waals surface area contributed by atoms with Crippen LogP contribution in [0.25, 0.3) is 0 Å². The summed E-state index contributed by atoms with van der Waals surface area (Å²) in [7, 11) is -9.90. The Bertz CT molecular complexity index is 1750. The van der Waals surface area contributed by atoms with Crippen molar-refractivity contribution in [1.82, 2.24) is 0 Å². The summed E-state index contributed by atoms with van der Waals surface area (Å²) >= 11 is 0. The van der Waals surface area contributed by atoms with E-state index in [0.29, 0.717) is 25.7 Å². The van der Waals surface area contributed by atoms with E-state index in [0.717, 1.165) is 102 Å². The van der Waals surface area contributed by atoms with E-state index in [4.69, 9.17) is 37.0 Å². The summed E-state index contributed by atoms with van der Waals surface area (Å²) in [6, 6.07) is 0. The molecule has 0 saturated carbocycles. The number of hydrogen-bond acceptors (Lipinski definition) is 15. The van der Waals surface area contributed by atoms with Crippen LogP contribution in [0.4, 0.5) is 0 Å². The Hall–Kier alpha value is -1.94. The summed E-state index contributed by atoms with van der Waals surface area (Å²) in [4.78, 5) is 72.5. The zero-order valence-electron chi connectivity index (χ0n) is 59.0. The highest BCUT2D eigenvalue weighted by Crippen LogP contribution is 2.45. The summed E-state index contributed by atoms with van der Waals surface area (Å²) in [5.41, 5.74) is 0. The van der Waals surface area contributed by atoms with Crippen molar-refractivity contribution in [3.63, 3.8) is 0 Å². The zero-order chi connectivity index (χ0) is 67.0. The lowest BCUT2D eigenvalue weighted by atomic mass is 10.0. The lowest BCUT2D eigenvalue weighted by Crippen LogP contribution is -2.30. The van der Waals surface area contributed by atoms with Gasteiger partial charge in [-0.1, -0.05) is 324 Å². The van der Waals surface area contributed by atoms with Crippen molar-refractivity contribution in [3.05, 3.63) is 0 Å². The minimum absolute atomic E-state index is 0.107. The largest absolute Gasteiger partial charge is 0.472 e. The van der Waals surface area contributed by atoms with Gasteiger partial charge in [-0.25, -0.2) is 9.13 Å². The van der Waals surface area contributed by atoms with E-state index in [1.807, 2.05) is 0 Å². The first-order chi connectivity index (χ1) is 44.0. The highest BCUT2D eigenvalue weighted by Gasteiger charge is 2.30. The van der Waals surface area contributed by atoms with Crippen LogP contribution in [0.3, 0.4) is 0 Å². The number of unbranched alkanes of at least 4 members (excludes halogenated alkanes) is 44. The highest BCUT2D eigenvalue weighted by atomic mass is 31.2. The first kappa shape index (κ1) is 89.1. The molecule has 0 aromatic carbocycles. The van der Waals surface area contributed by atoms with E-state index in [1.165, 1.54) is 193 Å². The van der Waals surface area contributed by atoms with Crippen LogP contribution in [0.1, 0.15) is 375 Å². The van der Waals surface area contributed by atoms with E-state index in [1.54, 1.807) is 0 Å². The van der Waals surface area contributed by atoms with Crippen LogP contribution in [0.15, 0.2) is 0 Å². The molecule has 0 aliphatic rings. The molecule has 5 atom stereocenters. The summed E-state index contributed by atoms with van der Waals surface area (Å²) in [5, 5.41) is 10.6. The Morgan fingerprint density at radius 3 is 0.747 bits per heavy atom. The number of carbonyl (C=O) groups excluding carboxylic acids is 4. The van der Waals surface area contributed by atoms with Gasteiger partial charge in [0, 0.05) is 25.7 Å². The fraction of sp³-hybridized carbons (Fsp3) is 0.944. The van der Waals surface area contributed by atoms with Gasteiger partial charge in [0.1, 0.15) is 19.3 Å². The molecule has 0 aromatic rings. The van der Waals surface area contributed by atoms with Gasteiger partial charge in [-0.15, -0.1) is 0 Å². The second-order valence-electron chi connectivity index (χ2n) is 26.5.